The van der Waals surface area contributed by atoms with Crippen LogP contribution in [0.1, 0.15) is 10.4 Å². The van der Waals surface area contributed by atoms with Gasteiger partial charge < -0.3 is 0 Å². The zero-order valence-electron chi connectivity index (χ0n) is 16.4. The SMILES string of the molecule is O=C(CSc1nnc(-c2ccccc2)c(-c2ccccc2)n1)NC(=O)c1ccccc1. The van der Waals surface area contributed by atoms with Crippen LogP contribution in [0.4, 0.5) is 0 Å². The number of rotatable bonds is 6. The largest absolute Gasteiger partial charge is 0.292 e. The lowest BCUT2D eigenvalue weighted by Gasteiger charge is -2.09. The van der Waals surface area contributed by atoms with E-state index in [0.717, 1.165) is 22.9 Å². The minimum atomic E-state index is -0.436. The zero-order chi connectivity index (χ0) is 21.5. The molecule has 0 saturated heterocycles. The molecule has 6 nitrogen and oxygen atoms in total. The number of carbonyl (C=O) groups excluding carboxylic acids is 2. The first-order valence-electron chi connectivity index (χ1n) is 9.58. The number of aromatic nitrogens is 3. The molecule has 0 unspecified atom stereocenters. The number of benzene rings is 3. The normalized spacial score (nSPS) is 10.5. The van der Waals surface area contributed by atoms with Gasteiger partial charge in [0.2, 0.25) is 11.1 Å². The quantitative estimate of drug-likeness (QED) is 0.464. The summed E-state index contributed by atoms with van der Waals surface area (Å²) in [7, 11) is 0. The van der Waals surface area contributed by atoms with Gasteiger partial charge in [-0.2, -0.15) is 0 Å². The molecule has 1 N–H and O–H groups in total. The van der Waals surface area contributed by atoms with Crippen molar-refractivity contribution in [2.24, 2.45) is 0 Å². The molecule has 0 spiro atoms. The fourth-order valence-corrected chi connectivity index (χ4v) is 3.50. The van der Waals surface area contributed by atoms with E-state index >= 15 is 0 Å². The van der Waals surface area contributed by atoms with Crippen LogP contribution in [0, 0.1) is 0 Å². The van der Waals surface area contributed by atoms with E-state index in [2.05, 4.69) is 20.5 Å². The Labute approximate surface area is 183 Å². The number of thioether (sulfide) groups is 1. The van der Waals surface area contributed by atoms with Crippen LogP contribution in [-0.4, -0.2) is 32.7 Å². The Morgan fingerprint density at radius 2 is 1.26 bits per heavy atom. The molecule has 0 aliphatic rings. The maximum atomic E-state index is 12.2. The lowest BCUT2D eigenvalue weighted by Crippen LogP contribution is -2.31. The van der Waals surface area contributed by atoms with Crippen LogP contribution in [0.5, 0.6) is 0 Å². The molecule has 0 fully saturated rings. The summed E-state index contributed by atoms with van der Waals surface area (Å²) in [6, 6.07) is 28.0. The van der Waals surface area contributed by atoms with Crippen LogP contribution >= 0.6 is 11.8 Å². The van der Waals surface area contributed by atoms with E-state index < -0.39 is 11.8 Å². The molecule has 0 radical (unpaired) electrons. The summed E-state index contributed by atoms with van der Waals surface area (Å²) in [5.74, 6) is -0.857. The number of nitrogens with zero attached hydrogens (tertiary/aromatic N) is 3. The summed E-state index contributed by atoms with van der Waals surface area (Å²) in [5, 5.41) is 11.3. The first kappa shape index (κ1) is 20.4. The Morgan fingerprint density at radius 3 is 1.87 bits per heavy atom. The van der Waals surface area contributed by atoms with Crippen molar-refractivity contribution >= 4 is 23.6 Å². The van der Waals surface area contributed by atoms with Crippen molar-refractivity contribution in [3.8, 4) is 22.5 Å². The van der Waals surface area contributed by atoms with Gasteiger partial charge in [0.05, 0.1) is 5.75 Å². The first-order chi connectivity index (χ1) is 15.2. The molecule has 1 heterocycles. The van der Waals surface area contributed by atoms with E-state index in [1.807, 2.05) is 66.7 Å². The van der Waals surface area contributed by atoms with E-state index in [0.29, 0.717) is 22.1 Å². The van der Waals surface area contributed by atoms with E-state index in [1.54, 1.807) is 24.3 Å². The Bertz CT molecular complexity index is 1190. The van der Waals surface area contributed by atoms with Crippen LogP contribution in [0.3, 0.4) is 0 Å². The molecular weight excluding hydrogens is 408 g/mol. The van der Waals surface area contributed by atoms with Crippen molar-refractivity contribution in [1.29, 1.82) is 0 Å². The van der Waals surface area contributed by atoms with Crippen molar-refractivity contribution in [3.05, 3.63) is 96.6 Å². The third-order valence-corrected chi connectivity index (χ3v) is 5.22. The summed E-state index contributed by atoms with van der Waals surface area (Å²) in [4.78, 5) is 29.0. The van der Waals surface area contributed by atoms with Gasteiger partial charge in [-0.1, -0.05) is 90.6 Å². The van der Waals surface area contributed by atoms with Gasteiger partial charge in [0.25, 0.3) is 5.91 Å². The van der Waals surface area contributed by atoms with Gasteiger partial charge in [-0.3, -0.25) is 14.9 Å². The molecule has 1 aromatic heterocycles. The van der Waals surface area contributed by atoms with Crippen molar-refractivity contribution in [2.45, 2.75) is 5.16 Å². The minimum Gasteiger partial charge on any atom is -0.292 e. The lowest BCUT2D eigenvalue weighted by atomic mass is 10.0. The Balaban J connectivity index is 1.51. The third-order valence-electron chi connectivity index (χ3n) is 4.38. The molecule has 152 valence electrons. The molecule has 0 saturated carbocycles. The molecule has 0 atom stereocenters. The number of amides is 2. The zero-order valence-corrected chi connectivity index (χ0v) is 17.3. The highest BCUT2D eigenvalue weighted by Gasteiger charge is 2.15. The summed E-state index contributed by atoms with van der Waals surface area (Å²) in [6.45, 7) is 0. The van der Waals surface area contributed by atoms with E-state index in [4.69, 9.17) is 0 Å². The predicted octanol–water partition coefficient (Wildman–Crippen LogP) is 4.25. The Kier molecular flexibility index (Phi) is 6.44. The molecule has 31 heavy (non-hydrogen) atoms. The van der Waals surface area contributed by atoms with Crippen LogP contribution in [0.2, 0.25) is 0 Å². The number of carbonyl (C=O) groups is 2. The summed E-state index contributed by atoms with van der Waals surface area (Å²) >= 11 is 1.13. The molecule has 4 aromatic rings. The second-order valence-electron chi connectivity index (χ2n) is 6.56. The fourth-order valence-electron chi connectivity index (χ4n) is 2.91. The van der Waals surface area contributed by atoms with E-state index in [1.165, 1.54) is 0 Å². The molecule has 0 aliphatic heterocycles. The van der Waals surface area contributed by atoms with Gasteiger partial charge in [0.15, 0.2) is 0 Å². The van der Waals surface area contributed by atoms with Crippen LogP contribution in [0.15, 0.2) is 96.2 Å². The number of hydrogen-bond donors (Lipinski definition) is 1. The van der Waals surface area contributed by atoms with Crippen molar-refractivity contribution in [3.63, 3.8) is 0 Å². The number of hydrogen-bond acceptors (Lipinski definition) is 6. The van der Waals surface area contributed by atoms with Gasteiger partial charge in [-0.25, -0.2) is 4.98 Å². The molecule has 0 bridgehead atoms. The smallest absolute Gasteiger partial charge is 0.257 e. The van der Waals surface area contributed by atoms with Gasteiger partial charge in [0, 0.05) is 16.7 Å². The minimum absolute atomic E-state index is 0.000826. The van der Waals surface area contributed by atoms with Crippen LogP contribution in [0.25, 0.3) is 22.5 Å². The van der Waals surface area contributed by atoms with Crippen LogP contribution < -0.4 is 5.32 Å². The van der Waals surface area contributed by atoms with Crippen LogP contribution in [-0.2, 0) is 4.79 Å². The highest BCUT2D eigenvalue weighted by molar-refractivity contribution is 7.99. The van der Waals surface area contributed by atoms with Crippen molar-refractivity contribution in [2.75, 3.05) is 5.75 Å². The first-order valence-corrected chi connectivity index (χ1v) is 10.6. The molecule has 2 amide bonds. The molecule has 4 rings (SSSR count). The lowest BCUT2D eigenvalue weighted by molar-refractivity contribution is -0.117. The highest BCUT2D eigenvalue weighted by Crippen LogP contribution is 2.29. The topological polar surface area (TPSA) is 84.8 Å². The predicted molar refractivity (Wildman–Crippen MR) is 120 cm³/mol. The Morgan fingerprint density at radius 1 is 0.710 bits per heavy atom. The van der Waals surface area contributed by atoms with Gasteiger partial charge >= 0.3 is 0 Å². The average molecular weight is 427 g/mol. The molecule has 7 heteroatoms. The maximum Gasteiger partial charge on any atom is 0.257 e. The number of imide groups is 1. The standard InChI is InChI=1S/C24H18N4O2S/c29-20(25-23(30)19-14-8-3-9-15-19)16-31-24-26-21(17-10-4-1-5-11-17)22(27-28-24)18-12-6-2-7-13-18/h1-15H,16H2,(H,25,29,30). The highest BCUT2D eigenvalue weighted by atomic mass is 32.2. The van der Waals surface area contributed by atoms with Gasteiger partial charge in [0.1, 0.15) is 11.4 Å². The fraction of sp³-hybridized carbons (Fsp3) is 0.0417. The summed E-state index contributed by atoms with van der Waals surface area (Å²) < 4.78 is 0. The average Bonchev–Trinajstić information content (AvgIpc) is 2.84. The molecular formula is C24H18N4O2S. The maximum absolute atomic E-state index is 12.2. The second-order valence-corrected chi connectivity index (χ2v) is 7.50. The Hall–Kier alpha value is -3.84. The second kappa shape index (κ2) is 9.77. The molecule has 3 aromatic carbocycles. The monoisotopic (exact) mass is 426 g/mol. The van der Waals surface area contributed by atoms with E-state index in [9.17, 15) is 9.59 Å². The summed E-state index contributed by atoms with van der Waals surface area (Å²) in [5.41, 5.74) is 3.59. The molecule has 0 aliphatic carbocycles. The summed E-state index contributed by atoms with van der Waals surface area (Å²) in [6.07, 6.45) is 0. The van der Waals surface area contributed by atoms with Gasteiger partial charge in [-0.15, -0.1) is 10.2 Å². The number of nitrogens with one attached hydrogen (secondary N) is 1. The van der Waals surface area contributed by atoms with Crippen molar-refractivity contribution < 1.29 is 9.59 Å². The van der Waals surface area contributed by atoms with Gasteiger partial charge in [-0.05, 0) is 12.1 Å². The van der Waals surface area contributed by atoms with Crippen molar-refractivity contribution in [1.82, 2.24) is 20.5 Å². The van der Waals surface area contributed by atoms with E-state index in [-0.39, 0.29) is 5.75 Å². The third kappa shape index (κ3) is 5.21.